The first-order valence-electron chi connectivity index (χ1n) is 18.6. The Morgan fingerprint density at radius 1 is 0.500 bits per heavy atom. The van der Waals surface area contributed by atoms with E-state index in [4.69, 9.17) is 10.2 Å². The van der Waals surface area contributed by atoms with Gasteiger partial charge in [-0.15, -0.1) is 0 Å². The van der Waals surface area contributed by atoms with Gasteiger partial charge in [0.25, 0.3) is 0 Å². The van der Waals surface area contributed by atoms with Crippen molar-refractivity contribution in [1.82, 2.24) is 0 Å². The predicted molar refractivity (Wildman–Crippen MR) is 170 cm³/mol. The highest BCUT2D eigenvalue weighted by Gasteiger charge is 2.61. The number of fused-ring (bicyclic) bond motifs is 10. The fourth-order valence-electron chi connectivity index (χ4n) is 14.5. The van der Waals surface area contributed by atoms with E-state index in [2.05, 4.69) is 27.7 Å². The highest BCUT2D eigenvalue weighted by atomic mass is 16.3. The van der Waals surface area contributed by atoms with Gasteiger partial charge < -0.3 is 10.2 Å². The topological polar surface area (TPSA) is 65.2 Å². The lowest BCUT2D eigenvalue weighted by atomic mass is 9.45. The van der Waals surface area contributed by atoms with Crippen molar-refractivity contribution in [3.63, 3.8) is 0 Å². The summed E-state index contributed by atoms with van der Waals surface area (Å²) < 4.78 is 0. The van der Waals surface area contributed by atoms with E-state index in [0.29, 0.717) is 10.8 Å². The molecule has 0 aliphatic heterocycles. The Kier molecular flexibility index (Phi) is 6.75. The Hall–Kier alpha value is -0.740. The summed E-state index contributed by atoms with van der Waals surface area (Å²) >= 11 is 0. The summed E-state index contributed by atoms with van der Waals surface area (Å²) in [5.74, 6) is 6.44. The average molecular weight is 577 g/mol. The highest BCUT2D eigenvalue weighted by molar-refractivity contribution is 5.95. The lowest BCUT2D eigenvalue weighted by Crippen LogP contribution is -2.54. The molecule has 8 aliphatic carbocycles. The SMILES string of the molecule is C[C@]12CC[C@H](O)CC1CC[C@@H]1[C@@H]2CC[C@]2(C)C(=N/N=C3/CC[C@H]4[C@@H]5CCC6C[C@@H](O)CC[C@]6(C)[C@H]5CC[C@]34C)CC[C@@H]12. The van der Waals surface area contributed by atoms with Gasteiger partial charge in [-0.1, -0.05) is 27.7 Å². The Balaban J connectivity index is 1.00. The number of nitrogens with zero attached hydrogens (tertiary/aromatic N) is 2. The van der Waals surface area contributed by atoms with E-state index in [9.17, 15) is 10.2 Å². The normalized spacial score (nSPS) is 58.9. The first-order valence-corrected chi connectivity index (χ1v) is 18.6. The molecule has 0 spiro atoms. The van der Waals surface area contributed by atoms with Gasteiger partial charge in [-0.05, 0) is 174 Å². The molecule has 0 aromatic heterocycles. The molecule has 8 aliphatic rings. The molecule has 0 heterocycles. The minimum atomic E-state index is -0.0516. The van der Waals surface area contributed by atoms with Crippen molar-refractivity contribution in [3.05, 3.63) is 0 Å². The summed E-state index contributed by atoms with van der Waals surface area (Å²) in [6.07, 6.45) is 22.2. The molecule has 4 heteroatoms. The van der Waals surface area contributed by atoms with Crippen LogP contribution in [0.25, 0.3) is 0 Å². The van der Waals surface area contributed by atoms with E-state index < -0.39 is 0 Å². The number of aliphatic hydroxyl groups is 2. The number of aliphatic hydroxyl groups excluding tert-OH is 2. The molecular formula is C38H60N2O2. The molecule has 4 nitrogen and oxygen atoms in total. The van der Waals surface area contributed by atoms with Crippen molar-refractivity contribution in [2.75, 3.05) is 0 Å². The Morgan fingerprint density at radius 2 is 0.929 bits per heavy atom. The van der Waals surface area contributed by atoms with Gasteiger partial charge in [0.2, 0.25) is 0 Å². The molecule has 8 saturated carbocycles. The zero-order chi connectivity index (χ0) is 29.1. The van der Waals surface area contributed by atoms with Gasteiger partial charge in [0, 0.05) is 22.3 Å². The van der Waals surface area contributed by atoms with Crippen molar-refractivity contribution in [2.45, 2.75) is 155 Å². The van der Waals surface area contributed by atoms with Crippen molar-refractivity contribution in [1.29, 1.82) is 0 Å². The third kappa shape index (κ3) is 3.97. The Labute approximate surface area is 256 Å². The fourth-order valence-corrected chi connectivity index (χ4v) is 14.5. The average Bonchev–Trinajstić information content (AvgIpc) is 3.48. The molecule has 14 atom stereocenters. The van der Waals surface area contributed by atoms with Gasteiger partial charge in [-0.3, -0.25) is 0 Å². The zero-order valence-electron chi connectivity index (χ0n) is 27.3. The van der Waals surface area contributed by atoms with E-state index in [1.54, 1.807) is 0 Å². The Morgan fingerprint density at radius 3 is 1.36 bits per heavy atom. The van der Waals surface area contributed by atoms with Crippen LogP contribution in [0, 0.1) is 69.0 Å². The van der Waals surface area contributed by atoms with Crippen molar-refractivity contribution >= 4 is 11.4 Å². The highest BCUT2D eigenvalue weighted by Crippen LogP contribution is 2.67. The molecule has 8 rings (SSSR count). The van der Waals surface area contributed by atoms with Crippen LogP contribution in [0.5, 0.6) is 0 Å². The summed E-state index contributed by atoms with van der Waals surface area (Å²) in [4.78, 5) is 0. The van der Waals surface area contributed by atoms with Crippen LogP contribution in [-0.2, 0) is 0 Å². The fraction of sp³-hybridized carbons (Fsp3) is 0.947. The van der Waals surface area contributed by atoms with Crippen LogP contribution in [0.3, 0.4) is 0 Å². The van der Waals surface area contributed by atoms with Crippen molar-refractivity contribution in [3.8, 4) is 0 Å². The molecule has 2 unspecified atom stereocenters. The van der Waals surface area contributed by atoms with Crippen LogP contribution < -0.4 is 0 Å². The maximum absolute atomic E-state index is 10.4. The second-order valence-corrected chi connectivity index (χ2v) is 18.3. The van der Waals surface area contributed by atoms with Crippen LogP contribution in [-0.4, -0.2) is 33.8 Å². The van der Waals surface area contributed by atoms with Crippen LogP contribution in [0.2, 0.25) is 0 Å². The van der Waals surface area contributed by atoms with Gasteiger partial charge in [0.05, 0.1) is 12.2 Å². The quantitative estimate of drug-likeness (QED) is 0.307. The molecular weight excluding hydrogens is 516 g/mol. The summed E-state index contributed by atoms with van der Waals surface area (Å²) in [5, 5.41) is 31.4. The van der Waals surface area contributed by atoms with Crippen molar-refractivity contribution in [2.24, 2.45) is 79.2 Å². The lowest BCUT2D eigenvalue weighted by Gasteiger charge is -2.60. The van der Waals surface area contributed by atoms with Crippen LogP contribution in [0.1, 0.15) is 143 Å². The lowest BCUT2D eigenvalue weighted by molar-refractivity contribution is -0.114. The summed E-state index contributed by atoms with van der Waals surface area (Å²) in [5.41, 5.74) is 4.28. The number of rotatable bonds is 1. The van der Waals surface area contributed by atoms with Crippen molar-refractivity contribution < 1.29 is 10.2 Å². The smallest absolute Gasteiger partial charge is 0.0543 e. The van der Waals surface area contributed by atoms with Gasteiger partial charge >= 0.3 is 0 Å². The molecule has 2 N–H and O–H groups in total. The summed E-state index contributed by atoms with van der Waals surface area (Å²) in [7, 11) is 0. The van der Waals surface area contributed by atoms with E-state index in [1.165, 1.54) is 88.5 Å². The molecule has 0 radical (unpaired) electrons. The molecule has 0 aromatic carbocycles. The minimum Gasteiger partial charge on any atom is -0.393 e. The minimum absolute atomic E-state index is 0.0516. The molecule has 8 fully saturated rings. The molecule has 0 saturated heterocycles. The third-order valence-electron chi connectivity index (χ3n) is 17.0. The van der Waals surface area contributed by atoms with Gasteiger partial charge in [-0.2, -0.15) is 10.2 Å². The molecule has 0 bridgehead atoms. The largest absolute Gasteiger partial charge is 0.393 e. The first kappa shape index (κ1) is 28.7. The molecule has 234 valence electrons. The second kappa shape index (κ2) is 9.88. The zero-order valence-corrected chi connectivity index (χ0v) is 27.3. The van der Waals surface area contributed by atoms with E-state index in [-0.39, 0.29) is 23.0 Å². The van der Waals surface area contributed by atoms with Gasteiger partial charge in [0.15, 0.2) is 0 Å². The Bertz CT molecular complexity index is 1060. The van der Waals surface area contributed by atoms with Crippen LogP contribution in [0.15, 0.2) is 10.2 Å². The number of hydrogen-bond donors (Lipinski definition) is 2. The maximum Gasteiger partial charge on any atom is 0.0543 e. The maximum atomic E-state index is 10.4. The summed E-state index contributed by atoms with van der Waals surface area (Å²) in [6.45, 7) is 10.4. The second-order valence-electron chi connectivity index (χ2n) is 18.3. The summed E-state index contributed by atoms with van der Waals surface area (Å²) in [6, 6.07) is 0. The standard InChI is InChI=1S/C38H60N2O2/c1-35-17-13-25(41)21-23(35)5-7-27-29-9-11-33(37(29,3)19-15-31(27)35)39-40-34-12-10-30-28-8-6-24-22-26(42)14-18-36(24,2)32(28)16-20-38(30,34)4/h23-32,41-42H,5-22H2,1-4H3/b39-33-,40-34?/t23?,24?,25-,26-,27-,28-,29-,30-,31-,32-,35-,36-,37-,38-/m0/s1. The van der Waals surface area contributed by atoms with E-state index in [0.717, 1.165) is 85.9 Å². The third-order valence-corrected chi connectivity index (χ3v) is 17.0. The monoisotopic (exact) mass is 576 g/mol. The first-order chi connectivity index (χ1) is 20.1. The predicted octanol–water partition coefficient (Wildman–Crippen LogP) is 8.59. The van der Waals surface area contributed by atoms with Gasteiger partial charge in [0.1, 0.15) is 0 Å². The van der Waals surface area contributed by atoms with Gasteiger partial charge in [-0.25, -0.2) is 0 Å². The van der Waals surface area contributed by atoms with E-state index >= 15 is 0 Å². The van der Waals surface area contributed by atoms with Crippen LogP contribution in [0.4, 0.5) is 0 Å². The van der Waals surface area contributed by atoms with E-state index in [1.807, 2.05) is 0 Å². The molecule has 0 aromatic rings. The number of hydrogen-bond acceptors (Lipinski definition) is 4. The van der Waals surface area contributed by atoms with Crippen LogP contribution >= 0.6 is 0 Å². The molecule has 0 amide bonds. The molecule has 42 heavy (non-hydrogen) atoms.